The molecule has 1 fully saturated rings. The van der Waals surface area contributed by atoms with Gasteiger partial charge in [0, 0.05) is 37.8 Å². The van der Waals surface area contributed by atoms with Gasteiger partial charge in [-0.05, 0) is 53.4 Å². The van der Waals surface area contributed by atoms with Crippen LogP contribution in [0.25, 0.3) is 0 Å². The van der Waals surface area contributed by atoms with Gasteiger partial charge in [-0.1, -0.05) is 0 Å². The molecule has 108 valence electrons. The Hall–Kier alpha value is -0.120. The molecule has 1 aliphatic carbocycles. The fourth-order valence-corrected chi connectivity index (χ4v) is 2.27. The molecule has 1 aliphatic rings. The number of nitrogens with one attached hydrogen (secondary N) is 1. The van der Waals surface area contributed by atoms with Crippen LogP contribution >= 0.6 is 0 Å². The van der Waals surface area contributed by atoms with Crippen LogP contribution in [0.5, 0.6) is 0 Å². The van der Waals surface area contributed by atoms with E-state index in [0.29, 0.717) is 12.1 Å². The molecule has 1 rings (SSSR count). The standard InChI is InChI=1S/C15H32N2O/c1-12(2)17(10-13-7-8-13)14(11-18-6)9-16-15(3,4)5/h12-14,16H,7-11H2,1-6H3. The third-order valence-electron chi connectivity index (χ3n) is 3.53. The Morgan fingerprint density at radius 2 is 1.89 bits per heavy atom. The highest BCUT2D eigenvalue weighted by atomic mass is 16.5. The third kappa shape index (κ3) is 6.17. The predicted molar refractivity (Wildman–Crippen MR) is 78.0 cm³/mol. The van der Waals surface area contributed by atoms with Gasteiger partial charge < -0.3 is 10.1 Å². The zero-order chi connectivity index (χ0) is 13.8. The van der Waals surface area contributed by atoms with E-state index in [4.69, 9.17) is 4.74 Å². The second-order valence-corrected chi connectivity index (χ2v) is 6.97. The van der Waals surface area contributed by atoms with Crippen LogP contribution in [0, 0.1) is 5.92 Å². The molecule has 0 aliphatic heterocycles. The van der Waals surface area contributed by atoms with Crippen molar-refractivity contribution in [3.8, 4) is 0 Å². The Morgan fingerprint density at radius 3 is 2.28 bits per heavy atom. The molecule has 1 unspecified atom stereocenters. The summed E-state index contributed by atoms with van der Waals surface area (Å²) in [6, 6.07) is 1.07. The van der Waals surface area contributed by atoms with Crippen molar-refractivity contribution in [1.29, 1.82) is 0 Å². The summed E-state index contributed by atoms with van der Waals surface area (Å²) < 4.78 is 5.42. The molecular weight excluding hydrogens is 224 g/mol. The molecule has 0 bridgehead atoms. The molecule has 0 spiro atoms. The van der Waals surface area contributed by atoms with Crippen LogP contribution in [0.3, 0.4) is 0 Å². The number of rotatable bonds is 8. The van der Waals surface area contributed by atoms with E-state index in [0.717, 1.165) is 19.1 Å². The number of methoxy groups -OCH3 is 1. The zero-order valence-corrected chi connectivity index (χ0v) is 13.1. The van der Waals surface area contributed by atoms with Crippen LogP contribution < -0.4 is 5.32 Å². The van der Waals surface area contributed by atoms with Crippen LogP contribution in [-0.2, 0) is 4.74 Å². The lowest BCUT2D eigenvalue weighted by Crippen LogP contribution is -2.52. The first-order valence-electron chi connectivity index (χ1n) is 7.33. The maximum absolute atomic E-state index is 5.42. The minimum absolute atomic E-state index is 0.175. The highest BCUT2D eigenvalue weighted by molar-refractivity contribution is 4.85. The molecule has 0 aromatic carbocycles. The average Bonchev–Trinajstić information content (AvgIpc) is 3.03. The van der Waals surface area contributed by atoms with Crippen LogP contribution in [-0.4, -0.2) is 49.3 Å². The first-order chi connectivity index (χ1) is 8.33. The van der Waals surface area contributed by atoms with Crippen molar-refractivity contribution in [1.82, 2.24) is 10.2 Å². The minimum Gasteiger partial charge on any atom is -0.383 e. The summed E-state index contributed by atoms with van der Waals surface area (Å²) >= 11 is 0. The van der Waals surface area contributed by atoms with Gasteiger partial charge >= 0.3 is 0 Å². The first kappa shape index (κ1) is 15.9. The Bertz CT molecular complexity index is 231. The van der Waals surface area contributed by atoms with E-state index in [1.807, 2.05) is 0 Å². The van der Waals surface area contributed by atoms with Crippen LogP contribution in [0.15, 0.2) is 0 Å². The number of nitrogens with zero attached hydrogens (tertiary/aromatic N) is 1. The maximum atomic E-state index is 5.42. The van der Waals surface area contributed by atoms with Gasteiger partial charge in [0.1, 0.15) is 0 Å². The van der Waals surface area contributed by atoms with Crippen molar-refractivity contribution < 1.29 is 4.74 Å². The van der Waals surface area contributed by atoms with Crippen molar-refractivity contribution in [3.63, 3.8) is 0 Å². The SMILES string of the molecule is COCC(CNC(C)(C)C)N(CC1CC1)C(C)C. The Kier molecular flexibility index (Phi) is 6.09. The van der Waals surface area contributed by atoms with Crippen LogP contribution in [0.4, 0.5) is 0 Å². The van der Waals surface area contributed by atoms with Crippen molar-refractivity contribution >= 4 is 0 Å². The van der Waals surface area contributed by atoms with Gasteiger partial charge in [-0.3, -0.25) is 4.90 Å². The summed E-state index contributed by atoms with van der Waals surface area (Å²) in [5, 5.41) is 3.61. The van der Waals surface area contributed by atoms with E-state index in [9.17, 15) is 0 Å². The molecule has 0 aromatic rings. The van der Waals surface area contributed by atoms with Gasteiger partial charge in [0.2, 0.25) is 0 Å². The van der Waals surface area contributed by atoms with Gasteiger partial charge in [0.25, 0.3) is 0 Å². The Morgan fingerprint density at radius 1 is 1.28 bits per heavy atom. The second-order valence-electron chi connectivity index (χ2n) is 6.97. The van der Waals surface area contributed by atoms with E-state index in [1.54, 1.807) is 7.11 Å². The van der Waals surface area contributed by atoms with Crippen molar-refractivity contribution in [2.45, 2.75) is 65.1 Å². The fraction of sp³-hybridized carbons (Fsp3) is 1.00. The Balaban J connectivity index is 2.54. The summed E-state index contributed by atoms with van der Waals surface area (Å²) in [7, 11) is 1.81. The van der Waals surface area contributed by atoms with Gasteiger partial charge in [0.05, 0.1) is 6.61 Å². The molecule has 18 heavy (non-hydrogen) atoms. The highest BCUT2D eigenvalue weighted by Gasteiger charge is 2.30. The topological polar surface area (TPSA) is 24.5 Å². The van der Waals surface area contributed by atoms with Crippen LogP contribution in [0.1, 0.15) is 47.5 Å². The molecule has 0 amide bonds. The monoisotopic (exact) mass is 256 g/mol. The molecule has 1 N–H and O–H groups in total. The smallest absolute Gasteiger partial charge is 0.0630 e. The quantitative estimate of drug-likeness (QED) is 0.722. The van der Waals surface area contributed by atoms with E-state index in [-0.39, 0.29) is 5.54 Å². The summed E-state index contributed by atoms with van der Waals surface area (Å²) in [5.74, 6) is 0.932. The Labute approximate surface area is 113 Å². The normalized spacial score (nSPS) is 18.7. The molecule has 1 saturated carbocycles. The van der Waals surface area contributed by atoms with E-state index in [1.165, 1.54) is 19.4 Å². The number of hydrogen-bond donors (Lipinski definition) is 1. The number of hydrogen-bond acceptors (Lipinski definition) is 3. The third-order valence-corrected chi connectivity index (χ3v) is 3.53. The number of ether oxygens (including phenoxy) is 1. The fourth-order valence-electron chi connectivity index (χ4n) is 2.27. The molecule has 0 heterocycles. The van der Waals surface area contributed by atoms with Gasteiger partial charge in [-0.25, -0.2) is 0 Å². The largest absolute Gasteiger partial charge is 0.383 e. The molecular formula is C15H32N2O. The average molecular weight is 256 g/mol. The second kappa shape index (κ2) is 6.88. The summed E-state index contributed by atoms with van der Waals surface area (Å²) in [5.41, 5.74) is 0.175. The molecule has 3 nitrogen and oxygen atoms in total. The molecule has 3 heteroatoms. The molecule has 0 radical (unpaired) electrons. The summed E-state index contributed by atoms with van der Waals surface area (Å²) in [6.45, 7) is 14.3. The van der Waals surface area contributed by atoms with Crippen molar-refractivity contribution in [2.75, 3.05) is 26.8 Å². The molecule has 0 aromatic heterocycles. The van der Waals surface area contributed by atoms with E-state index >= 15 is 0 Å². The molecule has 1 atom stereocenters. The summed E-state index contributed by atoms with van der Waals surface area (Å²) in [4.78, 5) is 2.61. The van der Waals surface area contributed by atoms with Crippen molar-refractivity contribution in [2.24, 2.45) is 5.92 Å². The van der Waals surface area contributed by atoms with E-state index < -0.39 is 0 Å². The zero-order valence-electron chi connectivity index (χ0n) is 13.1. The van der Waals surface area contributed by atoms with Crippen LogP contribution in [0.2, 0.25) is 0 Å². The summed E-state index contributed by atoms with van der Waals surface area (Å²) in [6.07, 6.45) is 2.82. The lowest BCUT2D eigenvalue weighted by molar-refractivity contribution is 0.0626. The highest BCUT2D eigenvalue weighted by Crippen LogP contribution is 2.31. The van der Waals surface area contributed by atoms with Gasteiger partial charge in [-0.15, -0.1) is 0 Å². The lowest BCUT2D eigenvalue weighted by atomic mass is 10.1. The van der Waals surface area contributed by atoms with Gasteiger partial charge in [-0.2, -0.15) is 0 Å². The lowest BCUT2D eigenvalue weighted by Gasteiger charge is -2.36. The predicted octanol–water partition coefficient (Wildman–Crippen LogP) is 2.51. The maximum Gasteiger partial charge on any atom is 0.0630 e. The minimum atomic E-state index is 0.175. The first-order valence-corrected chi connectivity index (χ1v) is 7.33. The van der Waals surface area contributed by atoms with Gasteiger partial charge in [0.15, 0.2) is 0 Å². The van der Waals surface area contributed by atoms with E-state index in [2.05, 4.69) is 44.8 Å². The molecule has 0 saturated heterocycles. The van der Waals surface area contributed by atoms with Crippen molar-refractivity contribution in [3.05, 3.63) is 0 Å².